The number of para-hydroxylation sites is 1. The number of sulfonamides is 1. The van der Waals surface area contributed by atoms with E-state index in [0.717, 1.165) is 9.69 Å². The van der Waals surface area contributed by atoms with Crippen LogP contribution in [0.3, 0.4) is 0 Å². The molecular formula is C26H30N4O6S. The fraction of sp³-hybridized carbons (Fsp3) is 0.385. The molecule has 1 aliphatic heterocycles. The Morgan fingerprint density at radius 1 is 1.16 bits per heavy atom. The Labute approximate surface area is 215 Å². The summed E-state index contributed by atoms with van der Waals surface area (Å²) in [6.45, 7) is 3.61. The third-order valence-electron chi connectivity index (χ3n) is 6.16. The molecule has 1 saturated heterocycles. The Morgan fingerprint density at radius 3 is 2.62 bits per heavy atom. The number of Topliss-reactive ketones (excluding diaryl/α,β-unsaturated/α-hetero) is 1. The number of nitrogens with one attached hydrogen (secondary N) is 2. The van der Waals surface area contributed by atoms with E-state index in [1.165, 1.54) is 12.3 Å². The lowest BCUT2D eigenvalue weighted by atomic mass is 10.0. The van der Waals surface area contributed by atoms with Gasteiger partial charge in [0.2, 0.25) is 5.91 Å². The number of carbonyl (C=O) groups excluding carboxylic acids is 3. The third-order valence-corrected chi connectivity index (χ3v) is 7.92. The average Bonchev–Trinajstić information content (AvgIpc) is 3.23. The van der Waals surface area contributed by atoms with Crippen molar-refractivity contribution in [1.29, 1.82) is 0 Å². The number of furan rings is 1. The number of hydrogen-bond acceptors (Lipinski definition) is 7. The molecule has 1 unspecified atom stereocenters. The lowest BCUT2D eigenvalue weighted by Gasteiger charge is -2.23. The van der Waals surface area contributed by atoms with Crippen LogP contribution in [0.4, 0.5) is 0 Å². The molecule has 3 heterocycles. The highest BCUT2D eigenvalue weighted by Gasteiger charge is 2.35. The lowest BCUT2D eigenvalue weighted by Crippen LogP contribution is -2.52. The van der Waals surface area contributed by atoms with Gasteiger partial charge in [-0.25, -0.2) is 13.4 Å². The van der Waals surface area contributed by atoms with Gasteiger partial charge in [0, 0.05) is 18.1 Å². The molecule has 0 saturated carbocycles. The largest absolute Gasteiger partial charge is 0.451 e. The first-order valence-electron chi connectivity index (χ1n) is 12.2. The van der Waals surface area contributed by atoms with E-state index in [0.29, 0.717) is 18.4 Å². The van der Waals surface area contributed by atoms with Gasteiger partial charge in [-0.15, -0.1) is 0 Å². The van der Waals surface area contributed by atoms with Crippen molar-refractivity contribution in [1.82, 2.24) is 19.9 Å². The molecular weight excluding hydrogens is 496 g/mol. The molecule has 0 radical (unpaired) electrons. The van der Waals surface area contributed by atoms with E-state index in [4.69, 9.17) is 4.42 Å². The Hall–Kier alpha value is -3.57. The molecule has 2 aromatic heterocycles. The van der Waals surface area contributed by atoms with Gasteiger partial charge in [-0.1, -0.05) is 38.1 Å². The highest BCUT2D eigenvalue weighted by Crippen LogP contribution is 2.20. The molecule has 2 atom stereocenters. The Morgan fingerprint density at radius 2 is 1.92 bits per heavy atom. The number of pyridine rings is 1. The number of benzene rings is 1. The standard InChI is InChI=1S/C26H30N4O6S/c1-17(2)14-20(29-26(33)23-15-18-8-3-4-10-22(18)36-23)25(32)28-19-9-7-13-30(16-21(19)31)37(34,35)24-11-5-6-12-27-24/h3-6,8,10-12,15,17,19-20H,7,9,13-14,16H2,1-2H3,(H,28,32)(H,29,33)/t19?,20-/m1/s1. The first-order valence-corrected chi connectivity index (χ1v) is 13.6. The highest BCUT2D eigenvalue weighted by molar-refractivity contribution is 7.89. The van der Waals surface area contributed by atoms with Gasteiger partial charge < -0.3 is 15.1 Å². The van der Waals surface area contributed by atoms with Crippen molar-refractivity contribution in [2.45, 2.75) is 50.2 Å². The van der Waals surface area contributed by atoms with E-state index in [9.17, 15) is 22.8 Å². The maximum atomic E-state index is 13.2. The maximum Gasteiger partial charge on any atom is 0.287 e. The molecule has 2 amide bonds. The smallest absolute Gasteiger partial charge is 0.287 e. The SMILES string of the molecule is CC(C)C[C@@H](NC(=O)c1cc2ccccc2o1)C(=O)NC1CCCN(S(=O)(=O)c2ccccn2)CC1=O. The van der Waals surface area contributed by atoms with E-state index in [1.54, 1.807) is 30.3 Å². The van der Waals surface area contributed by atoms with Crippen molar-refractivity contribution >= 4 is 38.6 Å². The van der Waals surface area contributed by atoms with E-state index in [-0.39, 0.29) is 36.2 Å². The summed E-state index contributed by atoms with van der Waals surface area (Å²) in [6, 6.07) is 11.6. The third kappa shape index (κ3) is 6.23. The molecule has 3 aromatic rings. The molecule has 11 heteroatoms. The van der Waals surface area contributed by atoms with Crippen LogP contribution in [0.15, 0.2) is 64.2 Å². The average molecular weight is 527 g/mol. The van der Waals surface area contributed by atoms with Gasteiger partial charge in [-0.05, 0) is 49.4 Å². The van der Waals surface area contributed by atoms with Gasteiger partial charge in [-0.2, -0.15) is 4.31 Å². The number of rotatable bonds is 8. The van der Waals surface area contributed by atoms with Gasteiger partial charge in [0.15, 0.2) is 16.6 Å². The number of nitrogens with zero attached hydrogens (tertiary/aromatic N) is 2. The highest BCUT2D eigenvalue weighted by atomic mass is 32.2. The zero-order valence-electron chi connectivity index (χ0n) is 20.7. The summed E-state index contributed by atoms with van der Waals surface area (Å²) in [5, 5.41) is 6.11. The molecule has 2 N–H and O–H groups in total. The van der Waals surface area contributed by atoms with E-state index < -0.39 is 39.7 Å². The quantitative estimate of drug-likeness (QED) is 0.460. The number of aromatic nitrogens is 1. The zero-order chi connectivity index (χ0) is 26.6. The first kappa shape index (κ1) is 26.5. The maximum absolute atomic E-state index is 13.2. The monoisotopic (exact) mass is 526 g/mol. The van der Waals surface area contributed by atoms with Gasteiger partial charge in [0.1, 0.15) is 11.6 Å². The fourth-order valence-corrected chi connectivity index (χ4v) is 5.66. The second-order valence-electron chi connectivity index (χ2n) is 9.48. The summed E-state index contributed by atoms with van der Waals surface area (Å²) in [6.07, 6.45) is 2.39. The first-order chi connectivity index (χ1) is 17.6. The lowest BCUT2D eigenvalue weighted by molar-refractivity contribution is -0.129. The van der Waals surface area contributed by atoms with E-state index in [2.05, 4.69) is 15.6 Å². The van der Waals surface area contributed by atoms with Gasteiger partial charge in [-0.3, -0.25) is 14.4 Å². The molecule has 0 spiro atoms. The topological polar surface area (TPSA) is 139 Å². The fourth-order valence-electron chi connectivity index (χ4n) is 4.28. The summed E-state index contributed by atoms with van der Waals surface area (Å²) in [5.74, 6) is -1.29. The van der Waals surface area contributed by atoms with Crippen LogP contribution in [0, 0.1) is 5.92 Å². The number of fused-ring (bicyclic) bond motifs is 1. The number of carbonyl (C=O) groups is 3. The molecule has 1 aromatic carbocycles. The van der Waals surface area contributed by atoms with Crippen molar-refractivity contribution in [2.24, 2.45) is 5.92 Å². The molecule has 37 heavy (non-hydrogen) atoms. The van der Waals surface area contributed by atoms with Crippen LogP contribution >= 0.6 is 0 Å². The van der Waals surface area contributed by atoms with Crippen molar-refractivity contribution in [3.8, 4) is 0 Å². The summed E-state index contributed by atoms with van der Waals surface area (Å²) in [7, 11) is -3.94. The predicted octanol–water partition coefficient (Wildman–Crippen LogP) is 2.51. The normalized spacial score (nSPS) is 17.9. The van der Waals surface area contributed by atoms with Crippen molar-refractivity contribution in [3.63, 3.8) is 0 Å². The molecule has 0 aliphatic carbocycles. The summed E-state index contributed by atoms with van der Waals surface area (Å²) in [4.78, 5) is 43.0. The molecule has 196 valence electrons. The van der Waals surface area contributed by atoms with Crippen LogP contribution in [-0.4, -0.2) is 60.5 Å². The molecule has 1 aliphatic rings. The van der Waals surface area contributed by atoms with Crippen LogP contribution in [0.1, 0.15) is 43.7 Å². The van der Waals surface area contributed by atoms with Gasteiger partial charge >= 0.3 is 0 Å². The number of hydrogen-bond donors (Lipinski definition) is 2. The molecule has 0 bridgehead atoms. The van der Waals surface area contributed by atoms with Crippen molar-refractivity contribution in [2.75, 3.05) is 13.1 Å². The van der Waals surface area contributed by atoms with E-state index >= 15 is 0 Å². The minimum atomic E-state index is -3.94. The minimum Gasteiger partial charge on any atom is -0.451 e. The van der Waals surface area contributed by atoms with Crippen molar-refractivity contribution < 1.29 is 27.2 Å². The Balaban J connectivity index is 1.44. The second-order valence-corrected chi connectivity index (χ2v) is 11.4. The van der Waals surface area contributed by atoms with Crippen molar-refractivity contribution in [3.05, 3.63) is 60.5 Å². The molecule has 4 rings (SSSR count). The van der Waals surface area contributed by atoms with Crippen LogP contribution < -0.4 is 10.6 Å². The van der Waals surface area contributed by atoms with E-state index in [1.807, 2.05) is 26.0 Å². The predicted molar refractivity (Wildman–Crippen MR) is 136 cm³/mol. The van der Waals surface area contributed by atoms with Crippen LogP contribution in [0.25, 0.3) is 11.0 Å². The molecule has 1 fully saturated rings. The number of amides is 2. The minimum absolute atomic E-state index is 0.0792. The van der Waals surface area contributed by atoms with Gasteiger partial charge in [0.05, 0.1) is 12.6 Å². The molecule has 10 nitrogen and oxygen atoms in total. The number of ketones is 1. The Bertz CT molecular complexity index is 1350. The zero-order valence-corrected chi connectivity index (χ0v) is 21.5. The summed E-state index contributed by atoms with van der Waals surface area (Å²) < 4.78 is 32.6. The van der Waals surface area contributed by atoms with Gasteiger partial charge in [0.25, 0.3) is 15.9 Å². The summed E-state index contributed by atoms with van der Waals surface area (Å²) >= 11 is 0. The van der Waals surface area contributed by atoms with Crippen LogP contribution in [0.5, 0.6) is 0 Å². The Kier molecular flexibility index (Phi) is 8.03. The van der Waals surface area contributed by atoms with Crippen LogP contribution in [-0.2, 0) is 19.6 Å². The summed E-state index contributed by atoms with van der Waals surface area (Å²) in [5.41, 5.74) is 0.562. The van der Waals surface area contributed by atoms with Crippen LogP contribution in [0.2, 0.25) is 0 Å². The second kappa shape index (κ2) is 11.2.